The molecule has 3 N–H and O–H groups in total. The summed E-state index contributed by atoms with van der Waals surface area (Å²) in [6.07, 6.45) is 4.71. The highest BCUT2D eigenvalue weighted by molar-refractivity contribution is 5.19. The Balaban J connectivity index is 2.63. The molecule has 17 heavy (non-hydrogen) atoms. The standard InChI is InChI=1S/C14H24N2O/c1-3-4-6-11-13(16-15)14(17-2)12-9-7-5-8-10-12/h5,7-10,13-14,16H,3-4,6,11,15H2,1-2H3. The van der Waals surface area contributed by atoms with Crippen molar-refractivity contribution in [2.24, 2.45) is 5.84 Å². The van der Waals surface area contributed by atoms with Crippen molar-refractivity contribution in [2.75, 3.05) is 7.11 Å². The van der Waals surface area contributed by atoms with E-state index in [0.29, 0.717) is 0 Å². The second-order valence-corrected chi connectivity index (χ2v) is 4.34. The van der Waals surface area contributed by atoms with Gasteiger partial charge in [-0.05, 0) is 12.0 Å². The summed E-state index contributed by atoms with van der Waals surface area (Å²) in [5.41, 5.74) is 4.06. The van der Waals surface area contributed by atoms with Gasteiger partial charge < -0.3 is 4.74 Å². The van der Waals surface area contributed by atoms with E-state index in [0.717, 1.165) is 6.42 Å². The molecule has 2 atom stereocenters. The molecule has 3 heteroatoms. The summed E-state index contributed by atoms with van der Waals surface area (Å²) < 4.78 is 5.58. The number of nitrogens with one attached hydrogen (secondary N) is 1. The summed E-state index contributed by atoms with van der Waals surface area (Å²) in [6.45, 7) is 2.20. The van der Waals surface area contributed by atoms with Crippen LogP contribution in [-0.4, -0.2) is 13.2 Å². The molecule has 0 aliphatic heterocycles. The summed E-state index contributed by atoms with van der Waals surface area (Å²) in [6, 6.07) is 10.4. The molecule has 0 radical (unpaired) electrons. The Morgan fingerprint density at radius 2 is 1.94 bits per heavy atom. The maximum Gasteiger partial charge on any atom is 0.0987 e. The van der Waals surface area contributed by atoms with Crippen molar-refractivity contribution in [3.8, 4) is 0 Å². The predicted molar refractivity (Wildman–Crippen MR) is 71.4 cm³/mol. The van der Waals surface area contributed by atoms with Gasteiger partial charge in [0, 0.05) is 7.11 Å². The molecular weight excluding hydrogens is 212 g/mol. The second kappa shape index (κ2) is 8.23. The van der Waals surface area contributed by atoms with Crippen LogP contribution >= 0.6 is 0 Å². The number of nitrogens with two attached hydrogens (primary N) is 1. The molecule has 0 aliphatic carbocycles. The minimum Gasteiger partial charge on any atom is -0.375 e. The summed E-state index contributed by atoms with van der Waals surface area (Å²) in [4.78, 5) is 0. The Morgan fingerprint density at radius 1 is 1.24 bits per heavy atom. The summed E-state index contributed by atoms with van der Waals surface area (Å²) in [5.74, 6) is 5.64. The molecule has 0 bridgehead atoms. The Kier molecular flexibility index (Phi) is 6.86. The fourth-order valence-electron chi connectivity index (χ4n) is 2.11. The van der Waals surface area contributed by atoms with Crippen LogP contribution in [0, 0.1) is 0 Å². The molecule has 0 amide bonds. The van der Waals surface area contributed by atoms with E-state index >= 15 is 0 Å². The first-order chi connectivity index (χ1) is 8.33. The van der Waals surface area contributed by atoms with Gasteiger partial charge in [0.2, 0.25) is 0 Å². The van der Waals surface area contributed by atoms with E-state index in [2.05, 4.69) is 24.5 Å². The van der Waals surface area contributed by atoms with Gasteiger partial charge in [0.1, 0.15) is 0 Å². The van der Waals surface area contributed by atoms with Crippen LogP contribution in [0.2, 0.25) is 0 Å². The van der Waals surface area contributed by atoms with Gasteiger partial charge in [-0.25, -0.2) is 0 Å². The third kappa shape index (κ3) is 4.46. The number of benzene rings is 1. The number of methoxy groups -OCH3 is 1. The van der Waals surface area contributed by atoms with Crippen LogP contribution in [0.5, 0.6) is 0 Å². The molecule has 3 nitrogen and oxygen atoms in total. The SMILES string of the molecule is CCCCCC(NN)C(OC)c1ccccc1. The smallest absolute Gasteiger partial charge is 0.0987 e. The Morgan fingerprint density at radius 3 is 2.47 bits per heavy atom. The second-order valence-electron chi connectivity index (χ2n) is 4.34. The highest BCUT2D eigenvalue weighted by Crippen LogP contribution is 2.23. The van der Waals surface area contributed by atoms with E-state index in [1.54, 1.807) is 7.11 Å². The molecule has 0 fully saturated rings. The van der Waals surface area contributed by atoms with Crippen LogP contribution in [0.4, 0.5) is 0 Å². The third-order valence-corrected chi connectivity index (χ3v) is 3.08. The lowest BCUT2D eigenvalue weighted by atomic mass is 9.97. The molecule has 0 saturated carbocycles. The van der Waals surface area contributed by atoms with Gasteiger partial charge in [-0.3, -0.25) is 11.3 Å². The Hall–Kier alpha value is -0.900. The fourth-order valence-corrected chi connectivity index (χ4v) is 2.11. The lowest BCUT2D eigenvalue weighted by Gasteiger charge is -2.25. The van der Waals surface area contributed by atoms with Crippen LogP contribution in [0.1, 0.15) is 44.3 Å². The van der Waals surface area contributed by atoms with Crippen molar-refractivity contribution in [2.45, 2.75) is 44.8 Å². The molecular formula is C14H24N2O. The molecule has 0 saturated heterocycles. The van der Waals surface area contributed by atoms with E-state index in [9.17, 15) is 0 Å². The monoisotopic (exact) mass is 236 g/mol. The summed E-state index contributed by atoms with van der Waals surface area (Å²) in [5, 5.41) is 0. The van der Waals surface area contributed by atoms with Crippen molar-refractivity contribution in [3.63, 3.8) is 0 Å². The number of rotatable bonds is 8. The van der Waals surface area contributed by atoms with Gasteiger partial charge in [-0.2, -0.15) is 0 Å². The van der Waals surface area contributed by atoms with E-state index in [-0.39, 0.29) is 12.1 Å². The molecule has 0 spiro atoms. The summed E-state index contributed by atoms with van der Waals surface area (Å²) in [7, 11) is 1.74. The zero-order valence-electron chi connectivity index (χ0n) is 10.9. The number of ether oxygens (including phenoxy) is 1. The topological polar surface area (TPSA) is 47.3 Å². The van der Waals surface area contributed by atoms with Crippen molar-refractivity contribution in [1.82, 2.24) is 5.43 Å². The van der Waals surface area contributed by atoms with Gasteiger partial charge in [-0.15, -0.1) is 0 Å². The van der Waals surface area contributed by atoms with E-state index in [4.69, 9.17) is 10.6 Å². The average Bonchev–Trinajstić information content (AvgIpc) is 2.39. The predicted octanol–water partition coefficient (Wildman–Crippen LogP) is 2.79. The van der Waals surface area contributed by atoms with Gasteiger partial charge in [0.15, 0.2) is 0 Å². The molecule has 1 aromatic rings. The Bertz CT molecular complexity index is 290. The van der Waals surface area contributed by atoms with Gasteiger partial charge in [-0.1, -0.05) is 56.5 Å². The van der Waals surface area contributed by atoms with E-state index in [1.807, 2.05) is 18.2 Å². The molecule has 0 aromatic heterocycles. The average molecular weight is 236 g/mol. The zero-order valence-corrected chi connectivity index (χ0v) is 10.9. The molecule has 0 heterocycles. The largest absolute Gasteiger partial charge is 0.375 e. The Labute approximate surface area is 104 Å². The molecule has 1 rings (SSSR count). The van der Waals surface area contributed by atoms with Crippen LogP contribution in [0.25, 0.3) is 0 Å². The first-order valence-corrected chi connectivity index (χ1v) is 6.37. The van der Waals surface area contributed by atoms with Gasteiger partial charge >= 0.3 is 0 Å². The number of unbranched alkanes of at least 4 members (excludes halogenated alkanes) is 2. The van der Waals surface area contributed by atoms with Crippen molar-refractivity contribution in [1.29, 1.82) is 0 Å². The molecule has 2 unspecified atom stereocenters. The third-order valence-electron chi connectivity index (χ3n) is 3.08. The van der Waals surface area contributed by atoms with Crippen LogP contribution in [0.15, 0.2) is 30.3 Å². The highest BCUT2D eigenvalue weighted by Gasteiger charge is 2.21. The zero-order chi connectivity index (χ0) is 12.5. The molecule has 0 aliphatic rings. The summed E-state index contributed by atoms with van der Waals surface area (Å²) >= 11 is 0. The lowest BCUT2D eigenvalue weighted by molar-refractivity contribution is 0.0640. The maximum absolute atomic E-state index is 5.64. The van der Waals surface area contributed by atoms with Crippen molar-refractivity contribution >= 4 is 0 Å². The first kappa shape index (κ1) is 14.2. The first-order valence-electron chi connectivity index (χ1n) is 6.37. The van der Waals surface area contributed by atoms with Crippen molar-refractivity contribution < 1.29 is 4.74 Å². The fraction of sp³-hybridized carbons (Fsp3) is 0.571. The molecule has 1 aromatic carbocycles. The lowest BCUT2D eigenvalue weighted by Crippen LogP contribution is -2.40. The molecule has 96 valence electrons. The van der Waals surface area contributed by atoms with Crippen LogP contribution in [0.3, 0.4) is 0 Å². The van der Waals surface area contributed by atoms with Crippen LogP contribution in [-0.2, 0) is 4.74 Å². The van der Waals surface area contributed by atoms with Crippen LogP contribution < -0.4 is 11.3 Å². The van der Waals surface area contributed by atoms with Crippen molar-refractivity contribution in [3.05, 3.63) is 35.9 Å². The van der Waals surface area contributed by atoms with E-state index < -0.39 is 0 Å². The quantitative estimate of drug-likeness (QED) is 0.414. The minimum atomic E-state index is 0.0260. The maximum atomic E-state index is 5.64. The number of hydrogen-bond acceptors (Lipinski definition) is 3. The van der Waals surface area contributed by atoms with E-state index in [1.165, 1.54) is 24.8 Å². The normalized spacial score (nSPS) is 14.5. The minimum absolute atomic E-state index is 0.0260. The van der Waals surface area contributed by atoms with Gasteiger partial charge in [0.05, 0.1) is 12.1 Å². The highest BCUT2D eigenvalue weighted by atomic mass is 16.5. The number of hydrogen-bond donors (Lipinski definition) is 2. The number of hydrazine groups is 1. The van der Waals surface area contributed by atoms with Gasteiger partial charge in [0.25, 0.3) is 0 Å².